The molecule has 0 heterocycles. The molecule has 0 radical (unpaired) electrons. The van der Waals surface area contributed by atoms with Gasteiger partial charge in [0, 0.05) is 13.1 Å². The van der Waals surface area contributed by atoms with E-state index in [1.54, 1.807) is 36.4 Å². The van der Waals surface area contributed by atoms with Crippen molar-refractivity contribution in [3.05, 3.63) is 90.0 Å². The van der Waals surface area contributed by atoms with Crippen molar-refractivity contribution in [1.82, 2.24) is 10.2 Å². The number of methoxy groups -OCH3 is 1. The maximum atomic E-state index is 14.1. The molecular weight excluding hydrogens is 538 g/mol. The minimum Gasteiger partial charge on any atom is -0.497 e. The lowest BCUT2D eigenvalue weighted by atomic mass is 10.1. The normalized spacial score (nSPS) is 12.0. The van der Waals surface area contributed by atoms with Gasteiger partial charge in [0.15, 0.2) is 0 Å². The minimum absolute atomic E-state index is 0.0317. The van der Waals surface area contributed by atoms with Crippen LogP contribution in [0.15, 0.2) is 83.8 Å². The SMILES string of the molecule is CC[C@H](C(=O)NCC(C)C)N(CCc1ccccc1)C(=O)CN(c1ccc(C)cc1)S(=O)(=O)c1ccc(OC)cc1. The van der Waals surface area contributed by atoms with E-state index in [4.69, 9.17) is 4.74 Å². The van der Waals surface area contributed by atoms with Crippen molar-refractivity contribution in [2.24, 2.45) is 5.92 Å². The Morgan fingerprint density at radius 2 is 1.56 bits per heavy atom. The molecule has 0 saturated carbocycles. The molecule has 0 aromatic heterocycles. The van der Waals surface area contributed by atoms with Crippen LogP contribution in [0, 0.1) is 12.8 Å². The van der Waals surface area contributed by atoms with Crippen LogP contribution in [-0.2, 0) is 26.0 Å². The fourth-order valence-corrected chi connectivity index (χ4v) is 5.85. The number of hydrogen-bond donors (Lipinski definition) is 1. The van der Waals surface area contributed by atoms with E-state index in [0.29, 0.717) is 30.8 Å². The number of ether oxygens (including phenoxy) is 1. The number of nitrogens with zero attached hydrogens (tertiary/aromatic N) is 2. The lowest BCUT2D eigenvalue weighted by molar-refractivity contribution is -0.139. The first-order valence-corrected chi connectivity index (χ1v) is 15.3. The van der Waals surface area contributed by atoms with E-state index in [-0.39, 0.29) is 23.3 Å². The van der Waals surface area contributed by atoms with Crippen molar-refractivity contribution in [2.75, 3.05) is 31.0 Å². The molecule has 0 spiro atoms. The minimum atomic E-state index is -4.13. The highest BCUT2D eigenvalue weighted by Gasteiger charge is 2.33. The Labute approximate surface area is 244 Å². The van der Waals surface area contributed by atoms with Gasteiger partial charge >= 0.3 is 0 Å². The fourth-order valence-electron chi connectivity index (χ4n) is 4.43. The monoisotopic (exact) mass is 579 g/mol. The molecule has 8 nitrogen and oxygen atoms in total. The zero-order valence-corrected chi connectivity index (χ0v) is 25.4. The Balaban J connectivity index is 1.99. The Morgan fingerprint density at radius 1 is 0.927 bits per heavy atom. The van der Waals surface area contributed by atoms with Crippen molar-refractivity contribution in [2.45, 2.75) is 51.5 Å². The van der Waals surface area contributed by atoms with E-state index >= 15 is 0 Å². The topological polar surface area (TPSA) is 96.0 Å². The quantitative estimate of drug-likeness (QED) is 0.295. The molecule has 3 rings (SSSR count). The maximum Gasteiger partial charge on any atom is 0.264 e. The number of carbonyl (C=O) groups is 2. The number of rotatable bonds is 14. The second-order valence-corrected chi connectivity index (χ2v) is 12.3. The summed E-state index contributed by atoms with van der Waals surface area (Å²) in [5.41, 5.74) is 2.34. The number of amides is 2. The average molecular weight is 580 g/mol. The van der Waals surface area contributed by atoms with Crippen LogP contribution in [0.25, 0.3) is 0 Å². The number of aryl methyl sites for hydroxylation is 1. The molecule has 0 aliphatic rings. The van der Waals surface area contributed by atoms with Gasteiger partial charge in [-0.15, -0.1) is 0 Å². The molecule has 41 heavy (non-hydrogen) atoms. The van der Waals surface area contributed by atoms with Gasteiger partial charge in [-0.05, 0) is 67.6 Å². The summed E-state index contributed by atoms with van der Waals surface area (Å²) in [4.78, 5) is 28.9. The second-order valence-electron chi connectivity index (χ2n) is 10.4. The zero-order chi connectivity index (χ0) is 30.0. The van der Waals surface area contributed by atoms with E-state index in [1.807, 2.05) is 58.0 Å². The van der Waals surface area contributed by atoms with E-state index < -0.39 is 28.5 Å². The van der Waals surface area contributed by atoms with Crippen molar-refractivity contribution < 1.29 is 22.7 Å². The average Bonchev–Trinajstić information content (AvgIpc) is 2.97. The molecule has 9 heteroatoms. The lowest BCUT2D eigenvalue weighted by Gasteiger charge is -2.33. The van der Waals surface area contributed by atoms with Crippen molar-refractivity contribution >= 4 is 27.5 Å². The summed E-state index contributed by atoms with van der Waals surface area (Å²) in [6.07, 6.45) is 0.913. The number of sulfonamides is 1. The standard InChI is InChI=1S/C32H41N3O5S/c1-6-30(32(37)33-22-24(2)3)34(21-20-26-10-8-7-9-11-26)31(36)23-35(27-14-12-25(4)13-15-27)41(38,39)29-18-16-28(40-5)17-19-29/h7-19,24,30H,6,20-23H2,1-5H3,(H,33,37)/t30-/m1/s1. The number of benzene rings is 3. The third-order valence-corrected chi connectivity index (χ3v) is 8.59. The van der Waals surface area contributed by atoms with Crippen LogP contribution in [-0.4, -0.2) is 57.9 Å². The molecule has 0 unspecified atom stereocenters. The molecule has 220 valence electrons. The number of hydrogen-bond acceptors (Lipinski definition) is 5. The van der Waals surface area contributed by atoms with Gasteiger partial charge in [-0.25, -0.2) is 8.42 Å². The smallest absolute Gasteiger partial charge is 0.264 e. The summed E-state index contributed by atoms with van der Waals surface area (Å²) in [5, 5.41) is 2.95. The number of nitrogens with one attached hydrogen (secondary N) is 1. The van der Waals surface area contributed by atoms with Crippen LogP contribution in [0.1, 0.15) is 38.3 Å². The Kier molecular flexibility index (Phi) is 11.3. The lowest BCUT2D eigenvalue weighted by Crippen LogP contribution is -2.53. The van der Waals surface area contributed by atoms with Crippen molar-refractivity contribution in [1.29, 1.82) is 0 Å². The molecule has 3 aromatic rings. The van der Waals surface area contributed by atoms with Gasteiger partial charge < -0.3 is 15.0 Å². The summed E-state index contributed by atoms with van der Waals surface area (Å²) >= 11 is 0. The Hall–Kier alpha value is -3.85. The molecule has 1 atom stereocenters. The van der Waals surface area contributed by atoms with Gasteiger partial charge in [0.1, 0.15) is 18.3 Å². The summed E-state index contributed by atoms with van der Waals surface area (Å²) < 4.78 is 34.2. The number of carbonyl (C=O) groups excluding carboxylic acids is 2. The largest absolute Gasteiger partial charge is 0.497 e. The predicted molar refractivity (Wildman–Crippen MR) is 162 cm³/mol. The highest BCUT2D eigenvalue weighted by atomic mass is 32.2. The van der Waals surface area contributed by atoms with Gasteiger partial charge in [0.25, 0.3) is 10.0 Å². The molecule has 0 saturated heterocycles. The summed E-state index contributed by atoms with van der Waals surface area (Å²) in [7, 11) is -2.63. The van der Waals surface area contributed by atoms with E-state index in [9.17, 15) is 18.0 Å². The van der Waals surface area contributed by atoms with Crippen molar-refractivity contribution in [3.8, 4) is 5.75 Å². The summed E-state index contributed by atoms with van der Waals surface area (Å²) in [6, 6.07) is 22.0. The molecule has 0 aliphatic carbocycles. The molecule has 3 aromatic carbocycles. The second kappa shape index (κ2) is 14.7. The predicted octanol–water partition coefficient (Wildman–Crippen LogP) is 4.82. The van der Waals surface area contributed by atoms with E-state index in [2.05, 4.69) is 5.32 Å². The van der Waals surface area contributed by atoms with Gasteiger partial charge in [-0.2, -0.15) is 0 Å². The van der Waals surface area contributed by atoms with Gasteiger partial charge in [-0.1, -0.05) is 68.8 Å². The van der Waals surface area contributed by atoms with Crippen LogP contribution in [0.3, 0.4) is 0 Å². The van der Waals surface area contributed by atoms with Crippen LogP contribution < -0.4 is 14.4 Å². The van der Waals surface area contributed by atoms with Crippen molar-refractivity contribution in [3.63, 3.8) is 0 Å². The first-order valence-electron chi connectivity index (χ1n) is 13.9. The third-order valence-electron chi connectivity index (χ3n) is 6.80. The van der Waals surface area contributed by atoms with Gasteiger partial charge in [-0.3, -0.25) is 13.9 Å². The zero-order valence-electron chi connectivity index (χ0n) is 24.5. The number of anilines is 1. The summed E-state index contributed by atoms with van der Waals surface area (Å²) in [5.74, 6) is 0.0661. The molecule has 0 bridgehead atoms. The third kappa shape index (κ3) is 8.57. The fraction of sp³-hybridized carbons (Fsp3) is 0.375. The van der Waals surface area contributed by atoms with Crippen LogP contribution in [0.5, 0.6) is 5.75 Å². The van der Waals surface area contributed by atoms with Crippen LogP contribution >= 0.6 is 0 Å². The first-order chi connectivity index (χ1) is 19.6. The first kappa shape index (κ1) is 31.7. The van der Waals surface area contributed by atoms with E-state index in [0.717, 1.165) is 15.4 Å². The van der Waals surface area contributed by atoms with E-state index in [1.165, 1.54) is 24.1 Å². The molecule has 1 N–H and O–H groups in total. The van der Waals surface area contributed by atoms with Gasteiger partial charge in [0.2, 0.25) is 11.8 Å². The maximum absolute atomic E-state index is 14.1. The summed E-state index contributed by atoms with van der Waals surface area (Å²) in [6.45, 7) is 8.06. The highest BCUT2D eigenvalue weighted by Crippen LogP contribution is 2.26. The highest BCUT2D eigenvalue weighted by molar-refractivity contribution is 7.92. The molecule has 0 aliphatic heterocycles. The molecule has 2 amide bonds. The Morgan fingerprint density at radius 3 is 2.12 bits per heavy atom. The van der Waals surface area contributed by atoms with Crippen LogP contribution in [0.4, 0.5) is 5.69 Å². The van der Waals surface area contributed by atoms with Crippen LogP contribution in [0.2, 0.25) is 0 Å². The van der Waals surface area contributed by atoms with Gasteiger partial charge in [0.05, 0.1) is 17.7 Å². The molecular formula is C32H41N3O5S. The molecule has 0 fully saturated rings. The Bertz CT molecular complexity index is 1380.